The molecule has 1 aliphatic rings. The van der Waals surface area contributed by atoms with Gasteiger partial charge in [0.1, 0.15) is 11.4 Å². The van der Waals surface area contributed by atoms with E-state index in [1.807, 2.05) is 25.7 Å². The number of amides is 2. The molecule has 1 atom stereocenters. The van der Waals surface area contributed by atoms with Gasteiger partial charge in [0.15, 0.2) is 0 Å². The maximum absolute atomic E-state index is 13.7. The Labute approximate surface area is 154 Å². The number of hydrogen-bond acceptors (Lipinski definition) is 3. The molecule has 1 aromatic rings. The lowest BCUT2D eigenvalue weighted by Gasteiger charge is -2.36. The quantitative estimate of drug-likeness (QED) is 0.867. The Morgan fingerprint density at radius 3 is 2.69 bits per heavy atom. The van der Waals surface area contributed by atoms with Crippen LogP contribution in [0.25, 0.3) is 0 Å². The third kappa shape index (κ3) is 6.32. The van der Waals surface area contributed by atoms with Gasteiger partial charge in [0, 0.05) is 25.6 Å². The molecule has 2 rings (SSSR count). The van der Waals surface area contributed by atoms with Crippen molar-refractivity contribution in [3.8, 4) is 0 Å². The van der Waals surface area contributed by atoms with Gasteiger partial charge in [0.05, 0.1) is 0 Å². The van der Waals surface area contributed by atoms with Crippen LogP contribution < -0.4 is 5.32 Å². The average molecular weight is 364 g/mol. The van der Waals surface area contributed by atoms with Gasteiger partial charge in [-0.05, 0) is 58.1 Å². The van der Waals surface area contributed by atoms with E-state index < -0.39 is 11.7 Å². The second kappa shape index (κ2) is 9.01. The van der Waals surface area contributed by atoms with E-state index in [9.17, 15) is 14.0 Å². The first kappa shape index (κ1) is 20.2. The molecule has 0 spiro atoms. The Bertz CT molecular complexity index is 628. The van der Waals surface area contributed by atoms with E-state index in [0.29, 0.717) is 25.1 Å². The fourth-order valence-electron chi connectivity index (χ4n) is 3.14. The normalized spacial score (nSPS) is 17.7. The molecule has 1 saturated heterocycles. The summed E-state index contributed by atoms with van der Waals surface area (Å²) in [6.45, 7) is 6.49. The number of ether oxygens (including phenoxy) is 1. The third-order valence-electron chi connectivity index (χ3n) is 4.39. The second-order valence-electron chi connectivity index (χ2n) is 7.71. The van der Waals surface area contributed by atoms with Crippen molar-refractivity contribution in [3.63, 3.8) is 0 Å². The van der Waals surface area contributed by atoms with Crippen molar-refractivity contribution in [1.29, 1.82) is 0 Å². The monoisotopic (exact) mass is 364 g/mol. The summed E-state index contributed by atoms with van der Waals surface area (Å²) < 4.78 is 19.0. The maximum atomic E-state index is 13.7. The van der Waals surface area contributed by atoms with Crippen molar-refractivity contribution in [2.75, 3.05) is 13.1 Å². The van der Waals surface area contributed by atoms with Gasteiger partial charge >= 0.3 is 6.09 Å². The molecule has 1 fully saturated rings. The Morgan fingerprint density at radius 1 is 1.27 bits per heavy atom. The van der Waals surface area contributed by atoms with Crippen LogP contribution in [0.3, 0.4) is 0 Å². The number of halogens is 1. The summed E-state index contributed by atoms with van der Waals surface area (Å²) >= 11 is 0. The number of nitrogens with zero attached hydrogens (tertiary/aromatic N) is 1. The van der Waals surface area contributed by atoms with E-state index >= 15 is 0 Å². The molecule has 2 amide bonds. The predicted molar refractivity (Wildman–Crippen MR) is 98.3 cm³/mol. The van der Waals surface area contributed by atoms with Crippen molar-refractivity contribution in [2.45, 2.75) is 64.5 Å². The number of carbonyl (C=O) groups is 2. The second-order valence-corrected chi connectivity index (χ2v) is 7.71. The van der Waals surface area contributed by atoms with Gasteiger partial charge in [-0.2, -0.15) is 0 Å². The topological polar surface area (TPSA) is 58.6 Å². The lowest BCUT2D eigenvalue weighted by molar-refractivity contribution is -0.134. The minimum atomic E-state index is -0.550. The SMILES string of the molecule is CC(C)(C)OC(=O)NCC1CCCCN1C(=O)CCc1ccccc1F. The van der Waals surface area contributed by atoms with Crippen LogP contribution in [-0.2, 0) is 16.0 Å². The van der Waals surface area contributed by atoms with Gasteiger partial charge in [-0.3, -0.25) is 4.79 Å². The minimum absolute atomic E-state index is 0.00365. The zero-order chi connectivity index (χ0) is 19.2. The average Bonchev–Trinajstić information content (AvgIpc) is 2.58. The van der Waals surface area contributed by atoms with Gasteiger partial charge in [-0.25, -0.2) is 9.18 Å². The molecule has 6 heteroatoms. The summed E-state index contributed by atoms with van der Waals surface area (Å²) in [5.41, 5.74) is 0.00706. The van der Waals surface area contributed by atoms with E-state index in [1.54, 1.807) is 18.2 Å². The van der Waals surface area contributed by atoms with Crippen LogP contribution in [0.1, 0.15) is 52.0 Å². The number of aryl methyl sites for hydroxylation is 1. The van der Waals surface area contributed by atoms with E-state index in [-0.39, 0.29) is 24.2 Å². The molecule has 26 heavy (non-hydrogen) atoms. The predicted octanol–water partition coefficient (Wildman–Crippen LogP) is 3.66. The summed E-state index contributed by atoms with van der Waals surface area (Å²) in [6.07, 6.45) is 3.01. The number of carbonyl (C=O) groups excluding carboxylic acids is 2. The first-order valence-electron chi connectivity index (χ1n) is 9.26. The Hall–Kier alpha value is -2.11. The minimum Gasteiger partial charge on any atom is -0.444 e. The van der Waals surface area contributed by atoms with Crippen LogP contribution in [0.5, 0.6) is 0 Å². The number of nitrogens with one attached hydrogen (secondary N) is 1. The van der Waals surface area contributed by atoms with Gasteiger partial charge < -0.3 is 15.0 Å². The molecule has 1 N–H and O–H groups in total. The van der Waals surface area contributed by atoms with Crippen LogP contribution in [0, 0.1) is 5.82 Å². The summed E-state index contributed by atoms with van der Waals surface area (Å²) in [7, 11) is 0. The van der Waals surface area contributed by atoms with Crippen molar-refractivity contribution in [2.24, 2.45) is 0 Å². The highest BCUT2D eigenvalue weighted by Crippen LogP contribution is 2.19. The third-order valence-corrected chi connectivity index (χ3v) is 4.39. The van der Waals surface area contributed by atoms with Gasteiger partial charge in [0.2, 0.25) is 5.91 Å². The van der Waals surface area contributed by atoms with Crippen molar-refractivity contribution in [3.05, 3.63) is 35.6 Å². The van der Waals surface area contributed by atoms with Crippen molar-refractivity contribution in [1.82, 2.24) is 10.2 Å². The molecular formula is C20H29FN2O3. The molecule has 5 nitrogen and oxygen atoms in total. The molecule has 1 aromatic carbocycles. The summed E-state index contributed by atoms with van der Waals surface area (Å²) in [5, 5.41) is 2.76. The van der Waals surface area contributed by atoms with Crippen LogP contribution in [0.15, 0.2) is 24.3 Å². The molecule has 0 aromatic heterocycles. The number of hydrogen-bond donors (Lipinski definition) is 1. The molecule has 0 bridgehead atoms. The van der Waals surface area contributed by atoms with Crippen LogP contribution in [0.4, 0.5) is 9.18 Å². The number of benzene rings is 1. The van der Waals surface area contributed by atoms with E-state index in [4.69, 9.17) is 4.74 Å². The zero-order valence-corrected chi connectivity index (χ0v) is 15.9. The Balaban J connectivity index is 1.87. The largest absolute Gasteiger partial charge is 0.444 e. The highest BCUT2D eigenvalue weighted by Gasteiger charge is 2.27. The lowest BCUT2D eigenvalue weighted by atomic mass is 10.0. The zero-order valence-electron chi connectivity index (χ0n) is 15.9. The van der Waals surface area contributed by atoms with E-state index in [2.05, 4.69) is 5.32 Å². The first-order chi connectivity index (χ1) is 12.3. The standard InChI is InChI=1S/C20H29FN2O3/c1-20(2,3)26-19(25)22-14-16-9-6-7-13-23(16)18(24)12-11-15-8-4-5-10-17(15)21/h4-5,8,10,16H,6-7,9,11-14H2,1-3H3,(H,22,25). The number of piperidine rings is 1. The number of rotatable bonds is 5. The van der Waals surface area contributed by atoms with E-state index in [0.717, 1.165) is 19.3 Å². The lowest BCUT2D eigenvalue weighted by Crippen LogP contribution is -2.50. The van der Waals surface area contributed by atoms with Crippen molar-refractivity contribution >= 4 is 12.0 Å². The smallest absolute Gasteiger partial charge is 0.407 e. The molecule has 0 radical (unpaired) electrons. The molecule has 1 unspecified atom stereocenters. The maximum Gasteiger partial charge on any atom is 0.407 e. The molecule has 144 valence electrons. The fraction of sp³-hybridized carbons (Fsp3) is 0.600. The summed E-state index contributed by atoms with van der Waals surface area (Å²) in [6, 6.07) is 6.50. The van der Waals surface area contributed by atoms with Gasteiger partial charge in [-0.15, -0.1) is 0 Å². The molecule has 1 heterocycles. The number of likely N-dealkylation sites (tertiary alicyclic amines) is 1. The highest BCUT2D eigenvalue weighted by atomic mass is 19.1. The Morgan fingerprint density at radius 2 is 2.00 bits per heavy atom. The molecule has 1 aliphatic heterocycles. The van der Waals surface area contributed by atoms with Gasteiger partial charge in [-0.1, -0.05) is 18.2 Å². The summed E-state index contributed by atoms with van der Waals surface area (Å²) in [5.74, 6) is -0.272. The van der Waals surface area contributed by atoms with Crippen LogP contribution >= 0.6 is 0 Å². The highest BCUT2D eigenvalue weighted by molar-refractivity contribution is 5.77. The van der Waals surface area contributed by atoms with Crippen LogP contribution in [0.2, 0.25) is 0 Å². The molecule has 0 saturated carbocycles. The fourth-order valence-corrected chi connectivity index (χ4v) is 3.14. The molecular weight excluding hydrogens is 335 g/mol. The van der Waals surface area contributed by atoms with Crippen LogP contribution in [-0.4, -0.2) is 41.6 Å². The molecule has 0 aliphatic carbocycles. The number of alkyl carbamates (subject to hydrolysis) is 1. The van der Waals surface area contributed by atoms with Gasteiger partial charge in [0.25, 0.3) is 0 Å². The summed E-state index contributed by atoms with van der Waals surface area (Å²) in [4.78, 5) is 26.3. The first-order valence-corrected chi connectivity index (χ1v) is 9.26. The van der Waals surface area contributed by atoms with E-state index in [1.165, 1.54) is 6.07 Å². The van der Waals surface area contributed by atoms with Crippen molar-refractivity contribution < 1.29 is 18.7 Å². The Kier molecular flexibility index (Phi) is 7.00.